The number of methoxy groups -OCH3 is 1. The lowest BCUT2D eigenvalue weighted by atomic mass is 10.1. The molecule has 2 aromatic carbocycles. The van der Waals surface area contributed by atoms with Crippen LogP contribution in [0, 0.1) is 0 Å². The van der Waals surface area contributed by atoms with Gasteiger partial charge in [-0.2, -0.15) is 11.8 Å². The summed E-state index contributed by atoms with van der Waals surface area (Å²) in [7, 11) is 1.58. The van der Waals surface area contributed by atoms with E-state index in [0.717, 1.165) is 10.2 Å². The maximum atomic E-state index is 12.5. The second-order valence-corrected chi connectivity index (χ2v) is 8.70. The van der Waals surface area contributed by atoms with Gasteiger partial charge in [0.1, 0.15) is 11.8 Å². The standard InChI is InChI=1S/C22H23N3O5S2/c1-29-15-8-9-16-18(12-15)32-22(24-16)25-19(26)13-30-21(28)17(10-11-31-2)23-20(27)14-6-4-3-5-7-14/h3-9,12,17H,10-11,13H2,1-2H3,(H,23,27)(H,24,25,26)/t17-/m0/s1. The van der Waals surface area contributed by atoms with E-state index in [2.05, 4.69) is 15.6 Å². The molecule has 3 rings (SSSR count). The van der Waals surface area contributed by atoms with Crippen molar-refractivity contribution in [1.82, 2.24) is 10.3 Å². The SMILES string of the molecule is COc1ccc2nc(NC(=O)COC(=O)[C@H](CCSC)NC(=O)c3ccccc3)sc2c1. The van der Waals surface area contributed by atoms with Crippen molar-refractivity contribution in [3.8, 4) is 5.75 Å². The van der Waals surface area contributed by atoms with Crippen molar-refractivity contribution in [1.29, 1.82) is 0 Å². The molecule has 0 fully saturated rings. The van der Waals surface area contributed by atoms with Gasteiger partial charge in [-0.25, -0.2) is 9.78 Å². The molecule has 0 saturated heterocycles. The number of carbonyl (C=O) groups excluding carboxylic acids is 3. The zero-order valence-electron chi connectivity index (χ0n) is 17.6. The molecule has 168 valence electrons. The van der Waals surface area contributed by atoms with Crippen molar-refractivity contribution >= 4 is 56.2 Å². The molecule has 2 amide bonds. The van der Waals surface area contributed by atoms with Crippen molar-refractivity contribution < 1.29 is 23.9 Å². The van der Waals surface area contributed by atoms with E-state index in [1.165, 1.54) is 11.3 Å². The largest absolute Gasteiger partial charge is 0.497 e. The van der Waals surface area contributed by atoms with Crippen molar-refractivity contribution in [3.05, 3.63) is 54.1 Å². The Bertz CT molecular complexity index is 1090. The fraction of sp³-hybridized carbons (Fsp3) is 0.273. The Kier molecular flexibility index (Phi) is 8.46. The molecule has 0 unspecified atom stereocenters. The number of aromatic nitrogens is 1. The maximum Gasteiger partial charge on any atom is 0.329 e. The molecule has 32 heavy (non-hydrogen) atoms. The summed E-state index contributed by atoms with van der Waals surface area (Å²) in [6, 6.07) is 13.2. The first-order valence-electron chi connectivity index (χ1n) is 9.76. The Morgan fingerprint density at radius 2 is 1.94 bits per heavy atom. The molecule has 0 radical (unpaired) electrons. The summed E-state index contributed by atoms with van der Waals surface area (Å²) in [5.74, 6) is -0.199. The van der Waals surface area contributed by atoms with Gasteiger partial charge in [0, 0.05) is 5.56 Å². The van der Waals surface area contributed by atoms with Crippen molar-refractivity contribution in [3.63, 3.8) is 0 Å². The quantitative estimate of drug-likeness (QED) is 0.435. The van der Waals surface area contributed by atoms with Crippen LogP contribution in [-0.2, 0) is 14.3 Å². The van der Waals surface area contributed by atoms with Gasteiger partial charge in [0.15, 0.2) is 11.7 Å². The van der Waals surface area contributed by atoms with Crippen LogP contribution in [0.15, 0.2) is 48.5 Å². The monoisotopic (exact) mass is 473 g/mol. The minimum atomic E-state index is -0.849. The van der Waals surface area contributed by atoms with E-state index in [0.29, 0.717) is 28.6 Å². The highest BCUT2D eigenvalue weighted by atomic mass is 32.2. The summed E-state index contributed by atoms with van der Waals surface area (Å²) < 4.78 is 11.2. The van der Waals surface area contributed by atoms with Gasteiger partial charge < -0.3 is 14.8 Å². The highest BCUT2D eigenvalue weighted by Gasteiger charge is 2.23. The third-order valence-electron chi connectivity index (χ3n) is 4.42. The average molecular weight is 474 g/mol. The molecule has 0 bridgehead atoms. The molecule has 2 N–H and O–H groups in total. The van der Waals surface area contributed by atoms with Crippen LogP contribution in [0.25, 0.3) is 10.2 Å². The number of carbonyl (C=O) groups is 3. The molecule has 0 aliphatic carbocycles. The number of nitrogens with zero attached hydrogens (tertiary/aromatic N) is 1. The molecule has 1 atom stereocenters. The number of hydrogen-bond donors (Lipinski definition) is 2. The molecule has 0 aliphatic heterocycles. The number of nitrogens with one attached hydrogen (secondary N) is 2. The van der Waals surface area contributed by atoms with Gasteiger partial charge in [0.05, 0.1) is 17.3 Å². The summed E-state index contributed by atoms with van der Waals surface area (Å²) in [5.41, 5.74) is 1.17. The lowest BCUT2D eigenvalue weighted by molar-refractivity contribution is -0.149. The van der Waals surface area contributed by atoms with Gasteiger partial charge in [0.2, 0.25) is 0 Å². The lowest BCUT2D eigenvalue weighted by Gasteiger charge is -2.17. The van der Waals surface area contributed by atoms with Crippen LogP contribution in [0.4, 0.5) is 5.13 Å². The molecule has 8 nitrogen and oxygen atoms in total. The van der Waals surface area contributed by atoms with E-state index in [1.807, 2.05) is 12.3 Å². The number of benzene rings is 2. The molecular formula is C22H23N3O5S2. The molecule has 1 heterocycles. The van der Waals surface area contributed by atoms with Gasteiger partial charge in [-0.1, -0.05) is 29.5 Å². The normalized spacial score (nSPS) is 11.6. The van der Waals surface area contributed by atoms with Crippen LogP contribution >= 0.6 is 23.1 Å². The Balaban J connectivity index is 1.56. The maximum absolute atomic E-state index is 12.5. The molecule has 3 aromatic rings. The number of fused-ring (bicyclic) bond motifs is 1. The number of amides is 2. The summed E-state index contributed by atoms with van der Waals surface area (Å²) in [4.78, 5) is 41.5. The van der Waals surface area contributed by atoms with Crippen molar-refractivity contribution in [2.75, 3.05) is 31.0 Å². The van der Waals surface area contributed by atoms with Gasteiger partial charge in [-0.15, -0.1) is 0 Å². The summed E-state index contributed by atoms with van der Waals surface area (Å²) in [5, 5.41) is 5.72. The lowest BCUT2D eigenvalue weighted by Crippen LogP contribution is -2.43. The van der Waals surface area contributed by atoms with Gasteiger partial charge in [0.25, 0.3) is 11.8 Å². The van der Waals surface area contributed by atoms with E-state index in [1.54, 1.807) is 61.3 Å². The Morgan fingerprint density at radius 1 is 1.16 bits per heavy atom. The van der Waals surface area contributed by atoms with E-state index in [9.17, 15) is 14.4 Å². The predicted octanol–water partition coefficient (Wildman–Crippen LogP) is 3.34. The number of rotatable bonds is 10. The zero-order valence-corrected chi connectivity index (χ0v) is 19.3. The second-order valence-electron chi connectivity index (χ2n) is 6.68. The molecule has 0 spiro atoms. The van der Waals surface area contributed by atoms with Gasteiger partial charge in [-0.05, 0) is 48.8 Å². The predicted molar refractivity (Wildman–Crippen MR) is 126 cm³/mol. The minimum Gasteiger partial charge on any atom is -0.497 e. The first-order valence-corrected chi connectivity index (χ1v) is 12.0. The van der Waals surface area contributed by atoms with Crippen LogP contribution in [0.2, 0.25) is 0 Å². The topological polar surface area (TPSA) is 107 Å². The number of ether oxygens (including phenoxy) is 2. The third-order valence-corrected chi connectivity index (χ3v) is 6.00. The van der Waals surface area contributed by atoms with Gasteiger partial charge in [-0.3, -0.25) is 14.9 Å². The third kappa shape index (κ3) is 6.44. The minimum absolute atomic E-state index is 0.372. The van der Waals surface area contributed by atoms with E-state index >= 15 is 0 Å². The summed E-state index contributed by atoms with van der Waals surface area (Å²) in [6.45, 7) is -0.477. The Hall–Kier alpha value is -3.11. The van der Waals surface area contributed by atoms with E-state index in [4.69, 9.17) is 9.47 Å². The average Bonchev–Trinajstić information content (AvgIpc) is 3.21. The number of thiazole rings is 1. The fourth-order valence-electron chi connectivity index (χ4n) is 2.79. The zero-order chi connectivity index (χ0) is 22.9. The van der Waals surface area contributed by atoms with E-state index < -0.39 is 24.5 Å². The van der Waals surface area contributed by atoms with Crippen molar-refractivity contribution in [2.24, 2.45) is 0 Å². The van der Waals surface area contributed by atoms with E-state index in [-0.39, 0.29) is 5.91 Å². The molecule has 10 heteroatoms. The molecule has 1 aromatic heterocycles. The smallest absolute Gasteiger partial charge is 0.329 e. The summed E-state index contributed by atoms with van der Waals surface area (Å²) in [6.07, 6.45) is 2.29. The van der Waals surface area contributed by atoms with Crippen LogP contribution in [0.5, 0.6) is 5.75 Å². The molecule has 0 saturated carbocycles. The second kappa shape index (κ2) is 11.5. The molecule has 0 aliphatic rings. The van der Waals surface area contributed by atoms with Crippen LogP contribution in [0.1, 0.15) is 16.8 Å². The number of esters is 1. The van der Waals surface area contributed by atoms with Crippen LogP contribution < -0.4 is 15.4 Å². The first-order chi connectivity index (χ1) is 15.5. The van der Waals surface area contributed by atoms with Gasteiger partial charge >= 0.3 is 5.97 Å². The fourth-order valence-corrected chi connectivity index (χ4v) is 4.18. The van der Waals surface area contributed by atoms with Crippen LogP contribution in [-0.4, -0.2) is 54.5 Å². The Labute approximate surface area is 193 Å². The highest BCUT2D eigenvalue weighted by Crippen LogP contribution is 2.29. The molecular weight excluding hydrogens is 450 g/mol. The number of hydrogen-bond acceptors (Lipinski definition) is 8. The number of thioether (sulfide) groups is 1. The highest BCUT2D eigenvalue weighted by molar-refractivity contribution is 7.98. The Morgan fingerprint density at radius 3 is 2.66 bits per heavy atom. The first kappa shape index (κ1) is 23.6. The summed E-state index contributed by atoms with van der Waals surface area (Å²) >= 11 is 2.84. The number of anilines is 1. The van der Waals surface area contributed by atoms with Crippen LogP contribution in [0.3, 0.4) is 0 Å². The van der Waals surface area contributed by atoms with Crippen molar-refractivity contribution in [2.45, 2.75) is 12.5 Å².